The zero-order valence-corrected chi connectivity index (χ0v) is 15.9. The van der Waals surface area contributed by atoms with E-state index >= 15 is 0 Å². The van der Waals surface area contributed by atoms with Crippen LogP contribution in [-0.4, -0.2) is 28.9 Å². The van der Waals surface area contributed by atoms with Gasteiger partial charge in [-0.3, -0.25) is 9.59 Å². The highest BCUT2D eigenvalue weighted by Crippen LogP contribution is 2.22. The SMILES string of the molecule is CC(C)CC(NC(=O)c1ccc(NC(=O)c2cccs2)cc1Cl)C(=O)O. The largest absolute Gasteiger partial charge is 0.480 e. The maximum absolute atomic E-state index is 12.3. The average molecular weight is 395 g/mol. The Bertz CT molecular complexity index is 806. The molecule has 1 heterocycles. The number of aliphatic carboxylic acids is 1. The molecular formula is C18H19ClN2O4S. The number of rotatable bonds is 7. The highest BCUT2D eigenvalue weighted by Gasteiger charge is 2.23. The fourth-order valence-electron chi connectivity index (χ4n) is 2.31. The van der Waals surface area contributed by atoms with Crippen molar-refractivity contribution in [3.05, 3.63) is 51.2 Å². The summed E-state index contributed by atoms with van der Waals surface area (Å²) < 4.78 is 0. The lowest BCUT2D eigenvalue weighted by Gasteiger charge is -2.17. The first-order chi connectivity index (χ1) is 12.3. The maximum Gasteiger partial charge on any atom is 0.326 e. The number of carbonyl (C=O) groups is 3. The van der Waals surface area contributed by atoms with Gasteiger partial charge in [0.2, 0.25) is 0 Å². The van der Waals surface area contributed by atoms with Crippen molar-refractivity contribution < 1.29 is 19.5 Å². The molecule has 2 rings (SSSR count). The van der Waals surface area contributed by atoms with Crippen molar-refractivity contribution in [3.8, 4) is 0 Å². The molecule has 0 aliphatic heterocycles. The minimum absolute atomic E-state index is 0.113. The van der Waals surface area contributed by atoms with Crippen molar-refractivity contribution in [2.75, 3.05) is 5.32 Å². The Labute approximate surface area is 160 Å². The minimum Gasteiger partial charge on any atom is -0.480 e. The summed E-state index contributed by atoms with van der Waals surface area (Å²) in [5.41, 5.74) is 0.595. The molecule has 1 aromatic carbocycles. The Kier molecular flexibility index (Phi) is 6.76. The number of carboxylic acid groups (broad SMARTS) is 1. The zero-order chi connectivity index (χ0) is 19.3. The Morgan fingerprint density at radius 1 is 1.19 bits per heavy atom. The molecule has 3 N–H and O–H groups in total. The van der Waals surface area contributed by atoms with Gasteiger partial charge in [0.25, 0.3) is 11.8 Å². The van der Waals surface area contributed by atoms with E-state index in [4.69, 9.17) is 11.6 Å². The second kappa shape index (κ2) is 8.82. The molecule has 26 heavy (non-hydrogen) atoms. The summed E-state index contributed by atoms with van der Waals surface area (Å²) in [5, 5.41) is 16.3. The summed E-state index contributed by atoms with van der Waals surface area (Å²) in [6, 6.07) is 6.94. The topological polar surface area (TPSA) is 95.5 Å². The van der Waals surface area contributed by atoms with Crippen LogP contribution in [0.2, 0.25) is 5.02 Å². The van der Waals surface area contributed by atoms with Crippen molar-refractivity contribution in [1.29, 1.82) is 0 Å². The van der Waals surface area contributed by atoms with Crippen molar-refractivity contribution >= 4 is 46.4 Å². The third-order valence-electron chi connectivity index (χ3n) is 3.53. The van der Waals surface area contributed by atoms with Crippen molar-refractivity contribution in [2.24, 2.45) is 5.92 Å². The molecule has 0 saturated carbocycles. The van der Waals surface area contributed by atoms with Crippen LogP contribution in [0.3, 0.4) is 0 Å². The van der Waals surface area contributed by atoms with Crippen LogP contribution in [0.1, 0.15) is 40.3 Å². The maximum atomic E-state index is 12.3. The number of anilines is 1. The summed E-state index contributed by atoms with van der Waals surface area (Å²) in [5.74, 6) is -1.82. The fourth-order valence-corrected chi connectivity index (χ4v) is 3.19. The van der Waals surface area contributed by atoms with E-state index in [0.29, 0.717) is 17.0 Å². The lowest BCUT2D eigenvalue weighted by Crippen LogP contribution is -2.41. The minimum atomic E-state index is -1.09. The lowest BCUT2D eigenvalue weighted by atomic mass is 10.0. The third-order valence-corrected chi connectivity index (χ3v) is 4.71. The molecule has 138 valence electrons. The van der Waals surface area contributed by atoms with Crippen LogP contribution in [0, 0.1) is 5.92 Å². The summed E-state index contributed by atoms with van der Waals surface area (Å²) in [6.07, 6.45) is 0.313. The Morgan fingerprint density at radius 3 is 2.46 bits per heavy atom. The summed E-state index contributed by atoms with van der Waals surface area (Å²) in [6.45, 7) is 3.75. The molecule has 1 atom stereocenters. The molecule has 1 unspecified atom stereocenters. The average Bonchev–Trinajstić information content (AvgIpc) is 3.08. The molecule has 0 aliphatic carbocycles. The van der Waals surface area contributed by atoms with Gasteiger partial charge in [-0.15, -0.1) is 11.3 Å². The van der Waals surface area contributed by atoms with E-state index in [1.807, 2.05) is 13.8 Å². The highest BCUT2D eigenvalue weighted by molar-refractivity contribution is 7.12. The number of thiophene rings is 1. The predicted molar refractivity (Wildman–Crippen MR) is 102 cm³/mol. The zero-order valence-electron chi connectivity index (χ0n) is 14.3. The van der Waals surface area contributed by atoms with Gasteiger partial charge in [-0.1, -0.05) is 31.5 Å². The number of carbonyl (C=O) groups excluding carboxylic acids is 2. The number of amides is 2. The van der Waals surface area contributed by atoms with E-state index in [0.717, 1.165) is 0 Å². The standard InChI is InChI=1S/C18H19ClN2O4S/c1-10(2)8-14(18(24)25)21-16(22)12-6-5-11(9-13(12)19)20-17(23)15-4-3-7-26-15/h3-7,9-10,14H,8H2,1-2H3,(H,20,23)(H,21,22)(H,24,25). The van der Waals surface area contributed by atoms with Crippen LogP contribution in [0.5, 0.6) is 0 Å². The van der Waals surface area contributed by atoms with Crippen molar-refractivity contribution in [1.82, 2.24) is 5.32 Å². The third kappa shape index (κ3) is 5.31. The number of hydrogen-bond donors (Lipinski definition) is 3. The molecule has 8 heteroatoms. The molecule has 0 bridgehead atoms. The van der Waals surface area contributed by atoms with Gasteiger partial charge in [0.15, 0.2) is 0 Å². The van der Waals surface area contributed by atoms with Crippen LogP contribution in [0.15, 0.2) is 35.7 Å². The first-order valence-corrected chi connectivity index (χ1v) is 9.21. The monoisotopic (exact) mass is 394 g/mol. The molecule has 2 aromatic rings. The number of hydrogen-bond acceptors (Lipinski definition) is 4. The Morgan fingerprint density at radius 2 is 1.92 bits per heavy atom. The number of halogens is 1. The van der Waals surface area contributed by atoms with E-state index in [9.17, 15) is 19.5 Å². The van der Waals surface area contributed by atoms with Gasteiger partial charge in [-0.05, 0) is 42.0 Å². The molecular weight excluding hydrogens is 376 g/mol. The Balaban J connectivity index is 2.09. The summed E-state index contributed by atoms with van der Waals surface area (Å²) in [7, 11) is 0. The first kappa shape index (κ1) is 19.9. The molecule has 1 aromatic heterocycles. The van der Waals surface area contributed by atoms with Gasteiger partial charge in [0, 0.05) is 5.69 Å². The first-order valence-electron chi connectivity index (χ1n) is 7.96. The van der Waals surface area contributed by atoms with Crippen LogP contribution in [0.25, 0.3) is 0 Å². The van der Waals surface area contributed by atoms with E-state index < -0.39 is 17.9 Å². The normalized spacial score (nSPS) is 11.8. The summed E-state index contributed by atoms with van der Waals surface area (Å²) >= 11 is 7.46. The molecule has 2 amide bonds. The van der Waals surface area contributed by atoms with Crippen LogP contribution < -0.4 is 10.6 Å². The van der Waals surface area contributed by atoms with E-state index in [2.05, 4.69) is 10.6 Å². The number of nitrogens with one attached hydrogen (secondary N) is 2. The molecule has 0 radical (unpaired) electrons. The number of carboxylic acids is 1. The van der Waals surface area contributed by atoms with Crippen molar-refractivity contribution in [3.63, 3.8) is 0 Å². The van der Waals surface area contributed by atoms with Crippen LogP contribution >= 0.6 is 22.9 Å². The molecule has 0 fully saturated rings. The van der Waals surface area contributed by atoms with Gasteiger partial charge >= 0.3 is 5.97 Å². The molecule has 0 spiro atoms. The van der Waals surface area contributed by atoms with Gasteiger partial charge in [-0.2, -0.15) is 0 Å². The lowest BCUT2D eigenvalue weighted by molar-refractivity contribution is -0.139. The number of benzene rings is 1. The van der Waals surface area contributed by atoms with E-state index in [1.165, 1.54) is 23.5 Å². The second-order valence-electron chi connectivity index (χ2n) is 6.12. The molecule has 0 saturated heterocycles. The van der Waals surface area contributed by atoms with Crippen LogP contribution in [-0.2, 0) is 4.79 Å². The fraction of sp³-hybridized carbons (Fsp3) is 0.278. The smallest absolute Gasteiger partial charge is 0.326 e. The van der Waals surface area contributed by atoms with Gasteiger partial charge in [-0.25, -0.2) is 4.79 Å². The predicted octanol–water partition coefficient (Wildman–Crippen LogP) is 3.88. The van der Waals surface area contributed by atoms with Crippen LogP contribution in [0.4, 0.5) is 5.69 Å². The van der Waals surface area contributed by atoms with Crippen molar-refractivity contribution in [2.45, 2.75) is 26.3 Å². The quantitative estimate of drug-likeness (QED) is 0.664. The Hall–Kier alpha value is -2.38. The van der Waals surface area contributed by atoms with E-state index in [1.54, 1.807) is 23.6 Å². The second-order valence-corrected chi connectivity index (χ2v) is 7.47. The highest BCUT2D eigenvalue weighted by atomic mass is 35.5. The molecule has 0 aliphatic rings. The van der Waals surface area contributed by atoms with Gasteiger partial charge in [0.05, 0.1) is 15.5 Å². The molecule has 6 nitrogen and oxygen atoms in total. The van der Waals surface area contributed by atoms with Gasteiger partial charge in [0.1, 0.15) is 6.04 Å². The van der Waals surface area contributed by atoms with Gasteiger partial charge < -0.3 is 15.7 Å². The van der Waals surface area contributed by atoms with E-state index in [-0.39, 0.29) is 22.4 Å². The summed E-state index contributed by atoms with van der Waals surface area (Å²) in [4.78, 5) is 36.2.